The van der Waals surface area contributed by atoms with Gasteiger partial charge in [-0.05, 0) is 19.1 Å². The lowest BCUT2D eigenvalue weighted by Gasteiger charge is -2.10. The maximum atomic E-state index is 12.5. The fourth-order valence-electron chi connectivity index (χ4n) is 1.42. The van der Waals surface area contributed by atoms with Crippen molar-refractivity contribution in [3.05, 3.63) is 29.3 Å². The van der Waals surface area contributed by atoms with Gasteiger partial charge in [0.25, 0.3) is 0 Å². The first kappa shape index (κ1) is 9.05. The zero-order valence-corrected chi connectivity index (χ0v) is 7.26. The molecule has 0 spiro atoms. The van der Waals surface area contributed by atoms with E-state index in [-0.39, 0.29) is 11.3 Å². The van der Waals surface area contributed by atoms with E-state index in [1.165, 1.54) is 19.1 Å². The van der Waals surface area contributed by atoms with Crippen molar-refractivity contribution in [3.8, 4) is 0 Å². The standard InChI is InChI=1S/C9H6F3N2/c1-5-8-6(9(10,11)12)3-2-4-7(8)14-13-5/h2-4H,1H3. The summed E-state index contributed by atoms with van der Waals surface area (Å²) in [6.07, 6.45) is -4.35. The van der Waals surface area contributed by atoms with Gasteiger partial charge >= 0.3 is 6.18 Å². The van der Waals surface area contributed by atoms with Crippen molar-refractivity contribution in [2.24, 2.45) is 5.10 Å². The highest BCUT2D eigenvalue weighted by Crippen LogP contribution is 2.37. The number of nitrogens with zero attached hydrogens (tertiary/aromatic N) is 2. The molecule has 0 amide bonds. The van der Waals surface area contributed by atoms with Crippen molar-refractivity contribution >= 4 is 11.4 Å². The van der Waals surface area contributed by atoms with Crippen LogP contribution in [-0.4, -0.2) is 5.71 Å². The Morgan fingerprint density at radius 3 is 2.57 bits per heavy atom. The van der Waals surface area contributed by atoms with E-state index in [1.807, 2.05) is 0 Å². The van der Waals surface area contributed by atoms with Crippen LogP contribution >= 0.6 is 0 Å². The predicted octanol–water partition coefficient (Wildman–Crippen LogP) is 2.68. The van der Waals surface area contributed by atoms with Gasteiger partial charge in [0.2, 0.25) is 0 Å². The second-order valence-electron chi connectivity index (χ2n) is 2.98. The lowest BCUT2D eigenvalue weighted by molar-refractivity contribution is -0.137. The summed E-state index contributed by atoms with van der Waals surface area (Å²) in [5.74, 6) is 0. The SMILES string of the molecule is CC1=N[N]c2cccc(C(F)(F)F)c21. The third-order valence-corrected chi connectivity index (χ3v) is 2.02. The normalized spacial score (nSPS) is 14.7. The summed E-state index contributed by atoms with van der Waals surface area (Å²) in [5.41, 5.74) is 3.67. The molecule has 0 fully saturated rings. The second-order valence-corrected chi connectivity index (χ2v) is 2.98. The molecular weight excluding hydrogens is 193 g/mol. The Labute approximate surface area is 78.4 Å². The van der Waals surface area contributed by atoms with E-state index in [1.54, 1.807) is 0 Å². The summed E-state index contributed by atoms with van der Waals surface area (Å²) in [5, 5.41) is 3.62. The molecular formula is C9H6F3N2. The molecule has 1 heterocycles. The van der Waals surface area contributed by atoms with E-state index in [0.29, 0.717) is 5.71 Å². The maximum Gasteiger partial charge on any atom is 0.417 e. The maximum absolute atomic E-state index is 12.5. The largest absolute Gasteiger partial charge is 0.417 e. The third-order valence-electron chi connectivity index (χ3n) is 2.02. The summed E-state index contributed by atoms with van der Waals surface area (Å²) in [6.45, 7) is 1.52. The summed E-state index contributed by atoms with van der Waals surface area (Å²) in [6, 6.07) is 3.89. The van der Waals surface area contributed by atoms with E-state index in [4.69, 9.17) is 0 Å². The first-order valence-corrected chi connectivity index (χ1v) is 3.96. The average molecular weight is 199 g/mol. The monoisotopic (exact) mass is 199 g/mol. The fourth-order valence-corrected chi connectivity index (χ4v) is 1.42. The van der Waals surface area contributed by atoms with Gasteiger partial charge in [-0.15, -0.1) is 0 Å². The molecule has 5 heteroatoms. The van der Waals surface area contributed by atoms with E-state index in [2.05, 4.69) is 10.5 Å². The van der Waals surface area contributed by atoms with Gasteiger partial charge in [-0.25, -0.2) is 0 Å². The quantitative estimate of drug-likeness (QED) is 0.614. The fraction of sp³-hybridized carbons (Fsp3) is 0.222. The first-order chi connectivity index (χ1) is 6.50. The number of fused-ring (bicyclic) bond motifs is 1. The minimum atomic E-state index is -4.35. The van der Waals surface area contributed by atoms with Crippen LogP contribution in [0.25, 0.3) is 0 Å². The van der Waals surface area contributed by atoms with Crippen molar-refractivity contribution in [1.29, 1.82) is 0 Å². The number of alkyl halides is 3. The van der Waals surface area contributed by atoms with Crippen molar-refractivity contribution in [3.63, 3.8) is 0 Å². The van der Waals surface area contributed by atoms with E-state index >= 15 is 0 Å². The molecule has 14 heavy (non-hydrogen) atoms. The molecule has 73 valence electrons. The van der Waals surface area contributed by atoms with Crippen LogP contribution in [0.15, 0.2) is 23.3 Å². The average Bonchev–Trinajstić information content (AvgIpc) is 2.46. The van der Waals surface area contributed by atoms with Crippen LogP contribution < -0.4 is 5.43 Å². The minimum absolute atomic E-state index is 0.0972. The molecule has 1 aromatic carbocycles. The predicted molar refractivity (Wildman–Crippen MR) is 45.4 cm³/mol. The Morgan fingerprint density at radius 2 is 1.93 bits per heavy atom. The molecule has 0 unspecified atom stereocenters. The molecule has 0 saturated heterocycles. The lowest BCUT2D eigenvalue weighted by Crippen LogP contribution is -2.10. The zero-order valence-electron chi connectivity index (χ0n) is 7.26. The Kier molecular flexibility index (Phi) is 1.77. The van der Waals surface area contributed by atoms with Crippen molar-refractivity contribution in [2.45, 2.75) is 13.1 Å². The van der Waals surface area contributed by atoms with Crippen LogP contribution in [0.3, 0.4) is 0 Å². The van der Waals surface area contributed by atoms with Gasteiger partial charge in [0.05, 0.1) is 17.0 Å². The van der Waals surface area contributed by atoms with Crippen LogP contribution in [0, 0.1) is 0 Å². The molecule has 1 aliphatic heterocycles. The molecule has 1 radical (unpaired) electrons. The minimum Gasteiger partial charge on any atom is -0.166 e. The smallest absolute Gasteiger partial charge is 0.166 e. The Bertz CT molecular complexity index is 407. The highest BCUT2D eigenvalue weighted by Gasteiger charge is 2.36. The van der Waals surface area contributed by atoms with Crippen LogP contribution in [0.2, 0.25) is 0 Å². The van der Waals surface area contributed by atoms with Crippen molar-refractivity contribution < 1.29 is 13.2 Å². The Balaban J connectivity index is 2.64. The van der Waals surface area contributed by atoms with Gasteiger partial charge in [-0.1, -0.05) is 6.07 Å². The molecule has 0 aromatic heterocycles. The topological polar surface area (TPSA) is 26.5 Å². The van der Waals surface area contributed by atoms with E-state index in [9.17, 15) is 13.2 Å². The van der Waals surface area contributed by atoms with E-state index < -0.39 is 11.7 Å². The van der Waals surface area contributed by atoms with Gasteiger partial charge in [-0.3, -0.25) is 0 Å². The summed E-state index contributed by atoms with van der Waals surface area (Å²) in [7, 11) is 0. The highest BCUT2D eigenvalue weighted by atomic mass is 19.4. The van der Waals surface area contributed by atoms with Crippen molar-refractivity contribution in [1.82, 2.24) is 5.43 Å². The van der Waals surface area contributed by atoms with Crippen LogP contribution in [0.5, 0.6) is 0 Å². The van der Waals surface area contributed by atoms with Gasteiger partial charge in [-0.2, -0.15) is 23.7 Å². The third kappa shape index (κ3) is 1.25. The number of rotatable bonds is 0. The van der Waals surface area contributed by atoms with Crippen LogP contribution in [0.1, 0.15) is 18.1 Å². The number of hydrogen-bond donors (Lipinski definition) is 0. The molecule has 2 rings (SSSR count). The number of hydrogen-bond acceptors (Lipinski definition) is 1. The molecule has 0 atom stereocenters. The van der Waals surface area contributed by atoms with Crippen molar-refractivity contribution in [2.75, 3.05) is 0 Å². The number of benzene rings is 1. The van der Waals surface area contributed by atoms with Gasteiger partial charge in [0.15, 0.2) is 0 Å². The lowest BCUT2D eigenvalue weighted by atomic mass is 10.0. The molecule has 0 saturated carbocycles. The summed E-state index contributed by atoms with van der Waals surface area (Å²) < 4.78 is 37.6. The Hall–Kier alpha value is -1.52. The van der Waals surface area contributed by atoms with Gasteiger partial charge in [0, 0.05) is 5.56 Å². The Morgan fingerprint density at radius 1 is 1.21 bits per heavy atom. The van der Waals surface area contributed by atoms with Gasteiger partial charge < -0.3 is 0 Å². The zero-order chi connectivity index (χ0) is 10.3. The molecule has 1 aromatic rings. The molecule has 2 nitrogen and oxygen atoms in total. The van der Waals surface area contributed by atoms with Gasteiger partial charge in [0.1, 0.15) is 0 Å². The first-order valence-electron chi connectivity index (χ1n) is 3.96. The van der Waals surface area contributed by atoms with Crippen LogP contribution in [-0.2, 0) is 6.18 Å². The second kappa shape index (κ2) is 2.73. The molecule has 0 aliphatic carbocycles. The summed E-state index contributed by atoms with van der Waals surface area (Å²) in [4.78, 5) is 0. The molecule has 1 aliphatic rings. The van der Waals surface area contributed by atoms with E-state index in [0.717, 1.165) is 6.07 Å². The van der Waals surface area contributed by atoms with Crippen LogP contribution in [0.4, 0.5) is 18.9 Å². The highest BCUT2D eigenvalue weighted by molar-refractivity contribution is 6.06. The number of halogens is 3. The molecule has 0 bridgehead atoms. The summed E-state index contributed by atoms with van der Waals surface area (Å²) >= 11 is 0. The molecule has 0 N–H and O–H groups in total.